The van der Waals surface area contributed by atoms with Gasteiger partial charge in [-0.15, -0.1) is 0 Å². The molecule has 0 aliphatic rings. The minimum atomic E-state index is -0.345. The van der Waals surface area contributed by atoms with Gasteiger partial charge in [-0.2, -0.15) is 0 Å². The van der Waals surface area contributed by atoms with E-state index >= 15 is 0 Å². The fourth-order valence-electron chi connectivity index (χ4n) is 0.696. The van der Waals surface area contributed by atoms with Crippen LogP contribution in [0.25, 0.3) is 0 Å². The van der Waals surface area contributed by atoms with Crippen LogP contribution >= 0.6 is 0 Å². The molecule has 3 nitrogen and oxygen atoms in total. The van der Waals surface area contributed by atoms with Crippen LogP contribution in [0.1, 0.15) is 0 Å². The third-order valence-corrected chi connectivity index (χ3v) is 4.53. The van der Waals surface area contributed by atoms with Gasteiger partial charge in [0.2, 0.25) is 0 Å². The molecule has 0 atom stereocenters. The summed E-state index contributed by atoms with van der Waals surface area (Å²) in [5.41, 5.74) is 0.228. The van der Waals surface area contributed by atoms with E-state index in [1.54, 1.807) is 12.1 Å². The fourth-order valence-corrected chi connectivity index (χ4v) is 3.21. The minimum absolute atomic E-state index is 0.181. The number of rotatable bonds is 2. The number of hydrogen-bond acceptors (Lipinski definition) is 2. The first kappa shape index (κ1) is 8.75. The van der Waals surface area contributed by atoms with Crippen LogP contribution in [-0.2, 0) is 0 Å². The zero-order chi connectivity index (χ0) is 8.27. The Morgan fingerprint density at radius 2 is 2.09 bits per heavy atom. The van der Waals surface area contributed by atoms with Crippen molar-refractivity contribution in [3.05, 3.63) is 34.4 Å². The molecule has 1 aromatic carbocycles. The molecular formula is C6H5NO2Se2. The average molecular weight is 281 g/mol. The fraction of sp³-hybridized carbons (Fsp3) is 0. The summed E-state index contributed by atoms with van der Waals surface area (Å²) in [6, 6.07) is 6.81. The van der Waals surface area contributed by atoms with Crippen LogP contribution in [0.2, 0.25) is 0 Å². The summed E-state index contributed by atoms with van der Waals surface area (Å²) in [6.07, 6.45) is 0. The summed E-state index contributed by atoms with van der Waals surface area (Å²) in [4.78, 5) is 10.0. The van der Waals surface area contributed by atoms with Crippen LogP contribution in [0.3, 0.4) is 0 Å². The average Bonchev–Trinajstić information content (AvgIpc) is 2.04. The summed E-state index contributed by atoms with van der Waals surface area (Å²) in [5.74, 6) is 0. The zero-order valence-electron chi connectivity index (χ0n) is 5.43. The molecule has 0 saturated heterocycles. The molecule has 0 aromatic heterocycles. The van der Waals surface area contributed by atoms with Crippen molar-refractivity contribution in [1.82, 2.24) is 0 Å². The Kier molecular flexibility index (Phi) is 3.09. The van der Waals surface area contributed by atoms with Gasteiger partial charge < -0.3 is 0 Å². The Balaban J connectivity index is 3.22. The maximum absolute atomic E-state index is 10.4. The van der Waals surface area contributed by atoms with Crippen LogP contribution in [0.4, 0.5) is 5.69 Å². The van der Waals surface area contributed by atoms with Gasteiger partial charge in [-0.25, -0.2) is 0 Å². The summed E-state index contributed by atoms with van der Waals surface area (Å²) in [5, 5.41) is 10.4. The van der Waals surface area contributed by atoms with Crippen LogP contribution in [-0.4, -0.2) is 31.2 Å². The normalized spacial score (nSPS) is 9.45. The summed E-state index contributed by atoms with van der Waals surface area (Å²) < 4.78 is 0.828. The molecule has 0 fully saturated rings. The Labute approximate surface area is 75.8 Å². The van der Waals surface area contributed by atoms with Gasteiger partial charge in [-0.05, 0) is 0 Å². The van der Waals surface area contributed by atoms with Gasteiger partial charge in [0.1, 0.15) is 0 Å². The van der Waals surface area contributed by atoms with Gasteiger partial charge in [0, 0.05) is 0 Å². The van der Waals surface area contributed by atoms with Gasteiger partial charge in [0.15, 0.2) is 0 Å². The maximum atomic E-state index is 10.4. The Morgan fingerprint density at radius 3 is 2.55 bits per heavy atom. The number of nitro benzene ring substituents is 1. The third kappa shape index (κ3) is 2.04. The summed E-state index contributed by atoms with van der Waals surface area (Å²) in [6.45, 7) is 0. The van der Waals surface area contributed by atoms with Crippen LogP contribution in [0, 0.1) is 10.1 Å². The Morgan fingerprint density at radius 1 is 1.45 bits per heavy atom. The monoisotopic (exact) mass is 283 g/mol. The van der Waals surface area contributed by atoms with Crippen molar-refractivity contribution in [3.8, 4) is 0 Å². The number of benzene rings is 1. The molecule has 5 heteroatoms. The van der Waals surface area contributed by atoms with Crippen molar-refractivity contribution in [2.24, 2.45) is 0 Å². The molecule has 11 heavy (non-hydrogen) atoms. The third-order valence-electron chi connectivity index (χ3n) is 1.18. The van der Waals surface area contributed by atoms with E-state index in [4.69, 9.17) is 0 Å². The molecule has 1 aromatic rings. The molecule has 0 aliphatic heterocycles. The Hall–Kier alpha value is -0.341. The Bertz CT molecular complexity index is 300. The number of nitro groups is 1. The molecule has 0 spiro atoms. The summed E-state index contributed by atoms with van der Waals surface area (Å²) in [7, 11) is 0. The second kappa shape index (κ2) is 3.88. The van der Waals surface area contributed by atoms with Gasteiger partial charge in [0.05, 0.1) is 0 Å². The van der Waals surface area contributed by atoms with Crippen LogP contribution in [0.5, 0.6) is 0 Å². The van der Waals surface area contributed by atoms with E-state index < -0.39 is 0 Å². The van der Waals surface area contributed by atoms with E-state index in [0.29, 0.717) is 0 Å². The first-order valence-corrected chi connectivity index (χ1v) is 8.51. The second-order valence-corrected chi connectivity index (χ2v) is 5.22. The van der Waals surface area contributed by atoms with Gasteiger partial charge in [0.25, 0.3) is 0 Å². The first-order chi connectivity index (χ1) is 5.25. The van der Waals surface area contributed by atoms with E-state index in [1.807, 2.05) is 6.07 Å². The molecule has 0 saturated carbocycles. The predicted octanol–water partition coefficient (Wildman–Crippen LogP) is -0.260. The second-order valence-electron chi connectivity index (χ2n) is 1.84. The van der Waals surface area contributed by atoms with Crippen LogP contribution < -0.4 is 4.46 Å². The number of para-hydroxylation sites is 1. The van der Waals surface area contributed by atoms with E-state index in [0.717, 1.165) is 4.46 Å². The predicted molar refractivity (Wildman–Crippen MR) is 45.6 cm³/mol. The van der Waals surface area contributed by atoms with Crippen molar-refractivity contribution in [2.75, 3.05) is 0 Å². The van der Waals surface area contributed by atoms with E-state index in [-0.39, 0.29) is 23.2 Å². The molecule has 0 N–H and O–H groups in total. The zero-order valence-corrected chi connectivity index (χ0v) is 9.02. The van der Waals surface area contributed by atoms with Crippen molar-refractivity contribution >= 4 is 36.4 Å². The molecule has 0 aliphatic carbocycles. The first-order valence-electron chi connectivity index (χ1n) is 2.82. The van der Waals surface area contributed by atoms with Gasteiger partial charge in [-0.1, -0.05) is 0 Å². The quantitative estimate of drug-likeness (QED) is 0.426. The molecule has 0 amide bonds. The van der Waals surface area contributed by atoms with Gasteiger partial charge in [-0.3, -0.25) is 0 Å². The molecular weight excluding hydrogens is 276 g/mol. The number of hydrogen-bond donors (Lipinski definition) is 0. The SMILES string of the molecule is O=[N+]([O-])c1ccccc1[SeH]=[Se]. The number of nitrogens with zero attached hydrogens (tertiary/aromatic N) is 1. The molecule has 58 valence electrons. The van der Waals surface area contributed by atoms with E-state index in [2.05, 4.69) is 13.7 Å². The van der Waals surface area contributed by atoms with Gasteiger partial charge >= 0.3 is 75.7 Å². The molecule has 1 rings (SSSR count). The van der Waals surface area contributed by atoms with Crippen molar-refractivity contribution in [3.63, 3.8) is 0 Å². The molecule has 0 bridgehead atoms. The van der Waals surface area contributed by atoms with Crippen molar-refractivity contribution in [2.45, 2.75) is 0 Å². The van der Waals surface area contributed by atoms with Crippen molar-refractivity contribution < 1.29 is 4.92 Å². The van der Waals surface area contributed by atoms with E-state index in [1.165, 1.54) is 6.07 Å². The van der Waals surface area contributed by atoms with Crippen LogP contribution in [0.15, 0.2) is 24.3 Å². The summed E-state index contributed by atoms with van der Waals surface area (Å²) >= 11 is 2.66. The topological polar surface area (TPSA) is 43.1 Å². The molecule has 0 heterocycles. The standard InChI is InChI=1S/C6H5NO2Se2/c8-7(9)5-3-1-2-4-6(5)11-10/h1-4,11H. The van der Waals surface area contributed by atoms with E-state index in [9.17, 15) is 10.1 Å². The molecule has 0 unspecified atom stereocenters. The molecule has 0 radical (unpaired) electrons. The van der Waals surface area contributed by atoms with Crippen molar-refractivity contribution in [1.29, 1.82) is 0 Å².